The van der Waals surface area contributed by atoms with Crippen molar-refractivity contribution in [2.24, 2.45) is 22.2 Å². The molecule has 0 unspecified atom stereocenters. The fourth-order valence-electron chi connectivity index (χ4n) is 2.83. The molecule has 0 bridgehead atoms. The molecule has 2 amide bonds. The number of hydrogen-bond donors (Lipinski definition) is 4. The lowest BCUT2D eigenvalue weighted by molar-refractivity contribution is -0.121. The van der Waals surface area contributed by atoms with Gasteiger partial charge >= 0.3 is 0 Å². The molecule has 2 aromatic carbocycles. The molecule has 2 aromatic rings. The summed E-state index contributed by atoms with van der Waals surface area (Å²) in [5.74, 6) is -0.0383. The van der Waals surface area contributed by atoms with Gasteiger partial charge in [-0.2, -0.15) is 0 Å². The van der Waals surface area contributed by atoms with Gasteiger partial charge in [-0.25, -0.2) is 4.99 Å². The molecule has 7 N–H and O–H groups in total. The Kier molecular flexibility index (Phi) is 9.18. The summed E-state index contributed by atoms with van der Waals surface area (Å²) in [6.45, 7) is 1.00. The van der Waals surface area contributed by atoms with Crippen molar-refractivity contribution in [1.82, 2.24) is 5.32 Å². The second-order valence-electron chi connectivity index (χ2n) is 6.91. The lowest BCUT2D eigenvalue weighted by Crippen LogP contribution is -2.33. The van der Waals surface area contributed by atoms with Crippen molar-refractivity contribution in [3.63, 3.8) is 0 Å². The Morgan fingerprint density at radius 3 is 2.27 bits per heavy atom. The highest BCUT2D eigenvalue weighted by Gasteiger charge is 2.13. The number of benzene rings is 2. The number of nitrogens with zero attached hydrogens (tertiary/aromatic N) is 1. The van der Waals surface area contributed by atoms with Gasteiger partial charge in [0.2, 0.25) is 11.8 Å². The molecule has 8 heteroatoms. The first-order valence-corrected chi connectivity index (χ1v) is 9.84. The summed E-state index contributed by atoms with van der Waals surface area (Å²) in [6.07, 6.45) is 2.09. The fourth-order valence-corrected chi connectivity index (χ4v) is 2.83. The lowest BCUT2D eigenvalue weighted by Gasteiger charge is -2.10. The summed E-state index contributed by atoms with van der Waals surface area (Å²) in [5.41, 5.74) is 17.8. The molecule has 1 atom stereocenters. The maximum Gasteiger partial charge on any atom is 0.242 e. The molecule has 0 aliphatic carbocycles. The van der Waals surface area contributed by atoms with Crippen molar-refractivity contribution in [3.8, 4) is 5.75 Å². The van der Waals surface area contributed by atoms with Crippen molar-refractivity contribution in [2.75, 3.05) is 6.54 Å². The molecular formula is C22H29N5O3. The highest BCUT2D eigenvalue weighted by atomic mass is 16.5. The molecule has 0 aromatic heterocycles. The van der Waals surface area contributed by atoms with Gasteiger partial charge in [-0.15, -0.1) is 0 Å². The first-order chi connectivity index (χ1) is 14.4. The molecule has 8 nitrogen and oxygen atoms in total. The van der Waals surface area contributed by atoms with E-state index in [0.29, 0.717) is 32.4 Å². The Bertz CT molecular complexity index is 834. The predicted molar refractivity (Wildman–Crippen MR) is 117 cm³/mol. The normalized spacial score (nSPS) is 11.3. The standard InChI is InChI=1S/C22H29N5O3/c23-21(29)19(27-22(24)25)8-4-5-13-26-20(28)14-16-9-11-18(12-10-16)30-15-17-6-2-1-3-7-17/h1-3,6-7,9-12,19H,4-5,8,13-15H2,(H2,23,29)(H,26,28)(H4,24,25,27)/t19-/m0/s1. The number of guanidine groups is 1. The molecule has 30 heavy (non-hydrogen) atoms. The van der Waals surface area contributed by atoms with Crippen molar-refractivity contribution in [1.29, 1.82) is 0 Å². The summed E-state index contributed by atoms with van der Waals surface area (Å²) in [5, 5.41) is 2.86. The highest BCUT2D eigenvalue weighted by Crippen LogP contribution is 2.14. The molecule has 0 heterocycles. The van der Waals surface area contributed by atoms with E-state index in [1.165, 1.54) is 0 Å². The summed E-state index contributed by atoms with van der Waals surface area (Å²) in [4.78, 5) is 27.2. The molecular weight excluding hydrogens is 382 g/mol. The van der Waals surface area contributed by atoms with Gasteiger partial charge in [0.25, 0.3) is 0 Å². The Hall–Kier alpha value is -3.55. The van der Waals surface area contributed by atoms with Crippen LogP contribution >= 0.6 is 0 Å². The number of amides is 2. The van der Waals surface area contributed by atoms with E-state index < -0.39 is 11.9 Å². The predicted octanol–water partition coefficient (Wildman–Crippen LogP) is 1.22. The van der Waals surface area contributed by atoms with E-state index in [1.807, 2.05) is 54.6 Å². The van der Waals surface area contributed by atoms with E-state index in [1.54, 1.807) is 0 Å². The number of nitrogens with two attached hydrogens (primary N) is 3. The molecule has 0 saturated carbocycles. The fraction of sp³-hybridized carbons (Fsp3) is 0.318. The maximum atomic E-state index is 12.1. The third-order valence-electron chi connectivity index (χ3n) is 4.40. The van der Waals surface area contributed by atoms with Crippen LogP contribution in [0.25, 0.3) is 0 Å². The molecule has 0 saturated heterocycles. The van der Waals surface area contributed by atoms with E-state index in [4.69, 9.17) is 21.9 Å². The summed E-state index contributed by atoms with van der Waals surface area (Å²) in [6, 6.07) is 16.7. The molecule has 0 aliphatic heterocycles. The molecule has 0 spiro atoms. The lowest BCUT2D eigenvalue weighted by atomic mass is 10.1. The Balaban J connectivity index is 1.66. The number of unbranched alkanes of at least 4 members (excludes halogenated alkanes) is 1. The SMILES string of the molecule is NC(=O)[C@H](CCCCNC(=O)Cc1ccc(OCc2ccccc2)cc1)N=C(N)N. The maximum absolute atomic E-state index is 12.1. The van der Waals surface area contributed by atoms with Crippen LogP contribution in [-0.4, -0.2) is 30.4 Å². The van der Waals surface area contributed by atoms with Gasteiger partial charge in [-0.3, -0.25) is 9.59 Å². The van der Waals surface area contributed by atoms with Crippen LogP contribution in [0.2, 0.25) is 0 Å². The van der Waals surface area contributed by atoms with Crippen LogP contribution in [0, 0.1) is 0 Å². The number of ether oxygens (including phenoxy) is 1. The van der Waals surface area contributed by atoms with Gasteiger partial charge in [0, 0.05) is 6.54 Å². The quantitative estimate of drug-likeness (QED) is 0.236. The Labute approximate surface area is 176 Å². The van der Waals surface area contributed by atoms with Crippen LogP contribution in [-0.2, 0) is 22.6 Å². The van der Waals surface area contributed by atoms with Crippen molar-refractivity contribution in [2.45, 2.75) is 38.3 Å². The first-order valence-electron chi connectivity index (χ1n) is 9.84. The zero-order chi connectivity index (χ0) is 21.8. The molecule has 160 valence electrons. The largest absolute Gasteiger partial charge is 0.489 e. The summed E-state index contributed by atoms with van der Waals surface area (Å²) < 4.78 is 5.75. The zero-order valence-electron chi connectivity index (χ0n) is 16.9. The minimum Gasteiger partial charge on any atom is -0.489 e. The molecule has 2 rings (SSSR count). The van der Waals surface area contributed by atoms with Crippen LogP contribution < -0.4 is 27.3 Å². The number of hydrogen-bond acceptors (Lipinski definition) is 4. The monoisotopic (exact) mass is 411 g/mol. The second kappa shape index (κ2) is 12.1. The van der Waals surface area contributed by atoms with Gasteiger partial charge in [-0.1, -0.05) is 42.5 Å². The topological polar surface area (TPSA) is 146 Å². The number of aliphatic imine (C=N–C) groups is 1. The Morgan fingerprint density at radius 1 is 0.933 bits per heavy atom. The van der Waals surface area contributed by atoms with Crippen LogP contribution in [0.5, 0.6) is 5.75 Å². The third-order valence-corrected chi connectivity index (χ3v) is 4.40. The minimum atomic E-state index is -0.728. The third kappa shape index (κ3) is 8.64. The highest BCUT2D eigenvalue weighted by molar-refractivity contribution is 5.84. The van der Waals surface area contributed by atoms with Gasteiger partial charge in [0.1, 0.15) is 18.4 Å². The summed E-state index contributed by atoms with van der Waals surface area (Å²) >= 11 is 0. The molecule has 0 aliphatic rings. The number of primary amides is 1. The molecule has 0 radical (unpaired) electrons. The summed E-state index contributed by atoms with van der Waals surface area (Å²) in [7, 11) is 0. The van der Waals surface area contributed by atoms with Crippen molar-refractivity contribution in [3.05, 3.63) is 65.7 Å². The van der Waals surface area contributed by atoms with Crippen LogP contribution in [0.3, 0.4) is 0 Å². The first kappa shape index (κ1) is 22.7. The van der Waals surface area contributed by atoms with E-state index in [0.717, 1.165) is 16.9 Å². The van der Waals surface area contributed by atoms with Crippen LogP contribution in [0.4, 0.5) is 0 Å². The number of carbonyl (C=O) groups is 2. The van der Waals surface area contributed by atoms with Gasteiger partial charge in [0.15, 0.2) is 5.96 Å². The minimum absolute atomic E-state index is 0.0661. The van der Waals surface area contributed by atoms with Crippen molar-refractivity contribution >= 4 is 17.8 Å². The smallest absolute Gasteiger partial charge is 0.242 e. The molecule has 0 fully saturated rings. The number of carbonyl (C=O) groups excluding carboxylic acids is 2. The second-order valence-corrected chi connectivity index (χ2v) is 6.91. The zero-order valence-corrected chi connectivity index (χ0v) is 16.9. The van der Waals surface area contributed by atoms with E-state index in [2.05, 4.69) is 10.3 Å². The van der Waals surface area contributed by atoms with Gasteiger partial charge in [-0.05, 0) is 42.5 Å². The van der Waals surface area contributed by atoms with E-state index in [9.17, 15) is 9.59 Å². The average molecular weight is 412 g/mol. The van der Waals surface area contributed by atoms with Crippen LogP contribution in [0.1, 0.15) is 30.4 Å². The van der Waals surface area contributed by atoms with E-state index >= 15 is 0 Å². The Morgan fingerprint density at radius 2 is 1.63 bits per heavy atom. The van der Waals surface area contributed by atoms with Crippen molar-refractivity contribution < 1.29 is 14.3 Å². The van der Waals surface area contributed by atoms with Gasteiger partial charge in [0.05, 0.1) is 6.42 Å². The number of rotatable bonds is 12. The van der Waals surface area contributed by atoms with Crippen LogP contribution in [0.15, 0.2) is 59.6 Å². The van der Waals surface area contributed by atoms with Gasteiger partial charge < -0.3 is 27.3 Å². The van der Waals surface area contributed by atoms with E-state index in [-0.39, 0.29) is 18.3 Å². The average Bonchev–Trinajstić information content (AvgIpc) is 2.72. The number of nitrogens with one attached hydrogen (secondary N) is 1.